The second kappa shape index (κ2) is 9.14. The van der Waals surface area contributed by atoms with Crippen molar-refractivity contribution in [3.05, 3.63) is 18.2 Å². The largest absolute Gasteiger partial charge is 0.382 e. The second-order valence-electron chi connectivity index (χ2n) is 6.12. The van der Waals surface area contributed by atoms with E-state index in [4.69, 9.17) is 9.47 Å². The van der Waals surface area contributed by atoms with Gasteiger partial charge in [0.25, 0.3) is 5.91 Å². The van der Waals surface area contributed by atoms with Crippen LogP contribution >= 0.6 is 0 Å². The minimum absolute atomic E-state index is 0.173. The maximum Gasteiger partial charge on any atom is 0.338 e. The van der Waals surface area contributed by atoms with E-state index in [0.717, 1.165) is 0 Å². The van der Waals surface area contributed by atoms with Gasteiger partial charge in [-0.25, -0.2) is 20.2 Å². The number of carbonyl (C=O) groups excluding carboxylic acids is 2. The molecule has 0 unspecified atom stereocenters. The van der Waals surface area contributed by atoms with E-state index in [2.05, 4.69) is 26.1 Å². The highest BCUT2D eigenvalue weighted by Crippen LogP contribution is 2.17. The van der Waals surface area contributed by atoms with Crippen LogP contribution in [0.1, 0.15) is 33.5 Å². The molecule has 0 saturated heterocycles. The van der Waals surface area contributed by atoms with E-state index in [0.29, 0.717) is 18.1 Å². The second-order valence-corrected chi connectivity index (χ2v) is 6.12. The third kappa shape index (κ3) is 6.88. The van der Waals surface area contributed by atoms with Crippen LogP contribution in [0.25, 0.3) is 0 Å². The van der Waals surface area contributed by atoms with Gasteiger partial charge in [-0.1, -0.05) is 20.8 Å². The first kappa shape index (κ1) is 19.8. The van der Waals surface area contributed by atoms with Gasteiger partial charge in [0.15, 0.2) is 0 Å². The van der Waals surface area contributed by atoms with E-state index in [1.807, 2.05) is 20.8 Å². The number of urea groups is 1. The molecule has 9 nitrogen and oxygen atoms in total. The molecule has 0 fully saturated rings. The number of nitrogens with zero attached hydrogens (tertiary/aromatic N) is 2. The predicted octanol–water partition coefficient (Wildman–Crippen LogP) is 0.978. The normalized spacial score (nSPS) is 12.4. The third-order valence-electron chi connectivity index (χ3n) is 2.90. The SMILES string of the molecule is COCCO[C@H](C)C(=O)NNC(=O)Nc1cnc(C(C)(C)C)nc1. The van der Waals surface area contributed by atoms with E-state index in [1.54, 1.807) is 6.92 Å². The van der Waals surface area contributed by atoms with Gasteiger partial charge < -0.3 is 14.8 Å². The summed E-state index contributed by atoms with van der Waals surface area (Å²) in [4.78, 5) is 31.8. The Bertz CT molecular complexity index is 542. The topological polar surface area (TPSA) is 114 Å². The number of rotatable bonds is 6. The maximum atomic E-state index is 11.7. The molecule has 0 aliphatic rings. The standard InChI is InChI=1S/C15H25N5O4/c1-10(24-7-6-23-5)12(21)19-20-14(22)18-11-8-16-13(17-9-11)15(2,3)4/h8-10H,6-7H2,1-5H3,(H,19,21)(H2,18,20,22)/t10-/m1/s1. The monoisotopic (exact) mass is 339 g/mol. The van der Waals surface area contributed by atoms with Crippen LogP contribution in [0.2, 0.25) is 0 Å². The first-order valence-electron chi connectivity index (χ1n) is 7.54. The van der Waals surface area contributed by atoms with Gasteiger partial charge in [0.1, 0.15) is 11.9 Å². The molecule has 3 N–H and O–H groups in total. The van der Waals surface area contributed by atoms with Crippen molar-refractivity contribution in [1.82, 2.24) is 20.8 Å². The summed E-state index contributed by atoms with van der Waals surface area (Å²) in [5.41, 5.74) is 4.73. The van der Waals surface area contributed by atoms with Crippen LogP contribution in [0.4, 0.5) is 10.5 Å². The van der Waals surface area contributed by atoms with Crippen LogP contribution in [0.15, 0.2) is 12.4 Å². The molecule has 134 valence electrons. The number of hydrogen-bond donors (Lipinski definition) is 3. The molecule has 1 aromatic heterocycles. The summed E-state index contributed by atoms with van der Waals surface area (Å²) in [7, 11) is 1.54. The van der Waals surface area contributed by atoms with Gasteiger partial charge in [0.05, 0.1) is 31.3 Å². The highest BCUT2D eigenvalue weighted by molar-refractivity contribution is 5.91. The Morgan fingerprint density at radius 3 is 2.33 bits per heavy atom. The van der Waals surface area contributed by atoms with Gasteiger partial charge in [-0.3, -0.25) is 10.2 Å². The molecule has 0 aliphatic heterocycles. The molecule has 24 heavy (non-hydrogen) atoms. The molecule has 0 aliphatic carbocycles. The number of amides is 3. The number of carbonyl (C=O) groups is 2. The molecule has 3 amide bonds. The number of aromatic nitrogens is 2. The van der Waals surface area contributed by atoms with E-state index in [-0.39, 0.29) is 12.0 Å². The molecule has 1 rings (SSSR count). The molecule has 0 bridgehead atoms. The highest BCUT2D eigenvalue weighted by atomic mass is 16.5. The van der Waals surface area contributed by atoms with Crippen molar-refractivity contribution in [3.63, 3.8) is 0 Å². The van der Waals surface area contributed by atoms with Crippen LogP contribution < -0.4 is 16.2 Å². The van der Waals surface area contributed by atoms with Crippen LogP contribution in [0.5, 0.6) is 0 Å². The molecule has 1 aromatic rings. The zero-order valence-electron chi connectivity index (χ0n) is 14.7. The van der Waals surface area contributed by atoms with Crippen molar-refractivity contribution in [2.75, 3.05) is 25.6 Å². The summed E-state index contributed by atoms with van der Waals surface area (Å²) in [5, 5.41) is 2.52. The Labute approximate surface area is 141 Å². The Hall–Kier alpha value is -2.26. The first-order chi connectivity index (χ1) is 11.2. The lowest BCUT2D eigenvalue weighted by Gasteiger charge is -2.16. The average Bonchev–Trinajstić information content (AvgIpc) is 2.52. The predicted molar refractivity (Wildman–Crippen MR) is 88.3 cm³/mol. The van der Waals surface area contributed by atoms with Crippen molar-refractivity contribution in [2.24, 2.45) is 0 Å². The minimum Gasteiger partial charge on any atom is -0.382 e. The van der Waals surface area contributed by atoms with Crippen molar-refractivity contribution < 1.29 is 19.1 Å². The van der Waals surface area contributed by atoms with Gasteiger partial charge in [-0.2, -0.15) is 0 Å². The quantitative estimate of drug-likeness (QED) is 0.526. The molecular formula is C15H25N5O4. The van der Waals surface area contributed by atoms with E-state index in [1.165, 1.54) is 19.5 Å². The van der Waals surface area contributed by atoms with E-state index in [9.17, 15) is 9.59 Å². The number of anilines is 1. The molecule has 0 aromatic carbocycles. The molecule has 9 heteroatoms. The Morgan fingerprint density at radius 1 is 1.17 bits per heavy atom. The fraction of sp³-hybridized carbons (Fsp3) is 0.600. The number of methoxy groups -OCH3 is 1. The third-order valence-corrected chi connectivity index (χ3v) is 2.90. The van der Waals surface area contributed by atoms with Crippen LogP contribution in [-0.4, -0.2) is 48.3 Å². The molecule has 1 heterocycles. The lowest BCUT2D eigenvalue weighted by molar-refractivity contribution is -0.133. The van der Waals surface area contributed by atoms with Gasteiger partial charge in [0.2, 0.25) is 0 Å². The summed E-state index contributed by atoms with van der Waals surface area (Å²) in [6.07, 6.45) is 2.30. The van der Waals surface area contributed by atoms with E-state index >= 15 is 0 Å². The van der Waals surface area contributed by atoms with Gasteiger partial charge in [0, 0.05) is 12.5 Å². The lowest BCUT2D eigenvalue weighted by atomic mass is 9.96. The fourth-order valence-corrected chi connectivity index (χ4v) is 1.55. The Morgan fingerprint density at radius 2 is 1.79 bits per heavy atom. The van der Waals surface area contributed by atoms with E-state index < -0.39 is 18.0 Å². The molecule has 1 atom stereocenters. The zero-order valence-corrected chi connectivity index (χ0v) is 14.7. The molecule has 0 spiro atoms. The summed E-state index contributed by atoms with van der Waals surface area (Å²) in [6.45, 7) is 8.23. The van der Waals surface area contributed by atoms with Gasteiger partial charge in [-0.15, -0.1) is 0 Å². The van der Waals surface area contributed by atoms with Crippen LogP contribution in [0, 0.1) is 0 Å². The summed E-state index contributed by atoms with van der Waals surface area (Å²) < 4.78 is 10.0. The minimum atomic E-state index is -0.713. The van der Waals surface area contributed by atoms with Gasteiger partial charge >= 0.3 is 6.03 Å². The number of ether oxygens (including phenoxy) is 2. The van der Waals surface area contributed by atoms with Crippen molar-refractivity contribution in [3.8, 4) is 0 Å². The van der Waals surface area contributed by atoms with Crippen LogP contribution in [0.3, 0.4) is 0 Å². The van der Waals surface area contributed by atoms with Crippen molar-refractivity contribution >= 4 is 17.6 Å². The average molecular weight is 339 g/mol. The fourth-order valence-electron chi connectivity index (χ4n) is 1.55. The first-order valence-corrected chi connectivity index (χ1v) is 7.54. The van der Waals surface area contributed by atoms with Crippen molar-refractivity contribution in [2.45, 2.75) is 39.2 Å². The Balaban J connectivity index is 2.39. The molecule has 0 saturated carbocycles. The Kier molecular flexibility index (Phi) is 7.53. The molecule has 0 radical (unpaired) electrons. The summed E-state index contributed by atoms with van der Waals surface area (Å²) in [5.74, 6) is 0.198. The lowest BCUT2D eigenvalue weighted by Crippen LogP contribution is -2.48. The highest BCUT2D eigenvalue weighted by Gasteiger charge is 2.17. The van der Waals surface area contributed by atoms with Crippen molar-refractivity contribution in [1.29, 1.82) is 0 Å². The smallest absolute Gasteiger partial charge is 0.338 e. The van der Waals surface area contributed by atoms with Crippen LogP contribution in [-0.2, 0) is 19.7 Å². The summed E-state index contributed by atoms with van der Waals surface area (Å²) in [6, 6.07) is -0.612. The maximum absolute atomic E-state index is 11.7. The molecular weight excluding hydrogens is 314 g/mol. The van der Waals surface area contributed by atoms with Gasteiger partial charge in [-0.05, 0) is 6.92 Å². The number of nitrogens with one attached hydrogen (secondary N) is 3. The zero-order chi connectivity index (χ0) is 18.2. The number of hydrogen-bond acceptors (Lipinski definition) is 6. The summed E-state index contributed by atoms with van der Waals surface area (Å²) >= 11 is 0. The number of hydrazine groups is 1.